The first-order valence-electron chi connectivity index (χ1n) is 11.5. The highest BCUT2D eigenvalue weighted by molar-refractivity contribution is 5.78. The summed E-state index contributed by atoms with van der Waals surface area (Å²) in [6.07, 6.45) is 2.70. The molecule has 2 fully saturated rings. The number of carbonyl (C=O) groups excluding carboxylic acids is 1. The first kappa shape index (κ1) is 22.3. The van der Waals surface area contributed by atoms with Gasteiger partial charge in [-0.2, -0.15) is 4.98 Å². The number of hydrogen-bond acceptors (Lipinski definition) is 9. The van der Waals surface area contributed by atoms with Gasteiger partial charge >= 0.3 is 0 Å². The Labute approximate surface area is 197 Å². The number of carbonyl (C=O) groups is 1. The Morgan fingerprint density at radius 3 is 2.85 bits per heavy atom. The maximum Gasteiger partial charge on any atom is 0.261 e. The van der Waals surface area contributed by atoms with Crippen molar-refractivity contribution in [1.82, 2.24) is 25.3 Å². The SMILES string of the molecule is O=C(COc1ccccc1)N1CCNCC1c1nc(-c2ccc(N3CCC(CO)C3)nc2)no1. The summed E-state index contributed by atoms with van der Waals surface area (Å²) >= 11 is 0. The van der Waals surface area contributed by atoms with Crippen LogP contribution in [-0.4, -0.2) is 77.0 Å². The molecular formula is C24H28N6O4. The molecule has 1 aromatic carbocycles. The van der Waals surface area contributed by atoms with Crippen LogP contribution in [0.3, 0.4) is 0 Å². The Hall–Kier alpha value is -3.50. The molecule has 0 bridgehead atoms. The summed E-state index contributed by atoms with van der Waals surface area (Å²) in [5.74, 6) is 2.50. The first-order chi connectivity index (χ1) is 16.7. The number of pyridine rings is 1. The summed E-state index contributed by atoms with van der Waals surface area (Å²) in [7, 11) is 0. The van der Waals surface area contributed by atoms with Crippen molar-refractivity contribution in [3.05, 3.63) is 54.6 Å². The van der Waals surface area contributed by atoms with Crippen LogP contribution < -0.4 is 15.0 Å². The third-order valence-electron chi connectivity index (χ3n) is 6.27. The molecule has 2 aromatic heterocycles. The van der Waals surface area contributed by atoms with Crippen LogP contribution in [0.1, 0.15) is 18.4 Å². The number of amides is 1. The van der Waals surface area contributed by atoms with Gasteiger partial charge in [0, 0.05) is 57.0 Å². The largest absolute Gasteiger partial charge is 0.484 e. The van der Waals surface area contributed by atoms with Crippen molar-refractivity contribution in [3.63, 3.8) is 0 Å². The molecule has 2 N–H and O–H groups in total. The van der Waals surface area contributed by atoms with Crippen molar-refractivity contribution in [2.75, 3.05) is 50.8 Å². The number of aromatic nitrogens is 3. The van der Waals surface area contributed by atoms with Gasteiger partial charge in [-0.1, -0.05) is 23.4 Å². The molecule has 1 amide bonds. The monoisotopic (exact) mass is 464 g/mol. The zero-order chi connectivity index (χ0) is 23.3. The summed E-state index contributed by atoms with van der Waals surface area (Å²) in [5, 5.41) is 16.8. The first-order valence-corrected chi connectivity index (χ1v) is 11.5. The summed E-state index contributed by atoms with van der Waals surface area (Å²) in [6, 6.07) is 12.8. The number of ether oxygens (including phenoxy) is 1. The number of benzene rings is 1. The number of rotatable bonds is 7. The quantitative estimate of drug-likeness (QED) is 0.536. The third-order valence-corrected chi connectivity index (χ3v) is 6.27. The van der Waals surface area contributed by atoms with Gasteiger partial charge in [-0.25, -0.2) is 4.98 Å². The maximum atomic E-state index is 12.9. The molecule has 4 heterocycles. The van der Waals surface area contributed by atoms with Gasteiger partial charge in [-0.15, -0.1) is 0 Å². The van der Waals surface area contributed by atoms with Crippen LogP contribution >= 0.6 is 0 Å². The molecule has 2 saturated heterocycles. The number of nitrogens with zero attached hydrogens (tertiary/aromatic N) is 5. The lowest BCUT2D eigenvalue weighted by molar-refractivity contribution is -0.137. The van der Waals surface area contributed by atoms with Crippen LogP contribution in [0.25, 0.3) is 11.4 Å². The fourth-order valence-corrected chi connectivity index (χ4v) is 4.35. The minimum absolute atomic E-state index is 0.0550. The van der Waals surface area contributed by atoms with Gasteiger partial charge in [0.05, 0.1) is 0 Å². The van der Waals surface area contributed by atoms with Crippen molar-refractivity contribution in [3.8, 4) is 17.1 Å². The van der Waals surface area contributed by atoms with Crippen molar-refractivity contribution < 1.29 is 19.2 Å². The number of hydrogen-bond donors (Lipinski definition) is 2. The Bertz CT molecular complexity index is 1090. The fourth-order valence-electron chi connectivity index (χ4n) is 4.35. The Morgan fingerprint density at radius 2 is 2.09 bits per heavy atom. The number of aliphatic hydroxyl groups excluding tert-OH is 1. The Kier molecular flexibility index (Phi) is 6.68. The lowest BCUT2D eigenvalue weighted by atomic mass is 10.1. The second kappa shape index (κ2) is 10.2. The minimum Gasteiger partial charge on any atom is -0.484 e. The van der Waals surface area contributed by atoms with Gasteiger partial charge in [0.1, 0.15) is 17.6 Å². The van der Waals surface area contributed by atoms with E-state index in [-0.39, 0.29) is 25.2 Å². The van der Waals surface area contributed by atoms with E-state index in [1.54, 1.807) is 11.1 Å². The summed E-state index contributed by atoms with van der Waals surface area (Å²) in [6.45, 7) is 3.58. The van der Waals surface area contributed by atoms with E-state index in [9.17, 15) is 9.90 Å². The normalized spacial score (nSPS) is 20.5. The number of para-hydroxylation sites is 1. The van der Waals surface area contributed by atoms with E-state index in [0.717, 1.165) is 30.9 Å². The highest BCUT2D eigenvalue weighted by atomic mass is 16.5. The van der Waals surface area contributed by atoms with E-state index in [4.69, 9.17) is 9.26 Å². The molecule has 0 spiro atoms. The lowest BCUT2D eigenvalue weighted by Crippen LogP contribution is -2.50. The van der Waals surface area contributed by atoms with Crippen LogP contribution in [0.5, 0.6) is 5.75 Å². The summed E-state index contributed by atoms with van der Waals surface area (Å²) in [4.78, 5) is 25.9. The van der Waals surface area contributed by atoms with E-state index < -0.39 is 0 Å². The molecule has 3 aromatic rings. The zero-order valence-electron chi connectivity index (χ0n) is 18.8. The predicted octanol–water partition coefficient (Wildman–Crippen LogP) is 1.50. The Balaban J connectivity index is 1.25. The number of aliphatic hydroxyl groups is 1. The molecule has 5 rings (SSSR count). The van der Waals surface area contributed by atoms with Gasteiger partial charge in [-0.05, 0) is 30.7 Å². The van der Waals surface area contributed by atoms with E-state index in [0.29, 0.717) is 43.0 Å². The lowest BCUT2D eigenvalue weighted by Gasteiger charge is -2.33. The molecule has 0 saturated carbocycles. The molecule has 10 nitrogen and oxygen atoms in total. The smallest absolute Gasteiger partial charge is 0.261 e. The molecule has 2 unspecified atom stereocenters. The summed E-state index contributed by atoms with van der Waals surface area (Å²) < 4.78 is 11.2. The van der Waals surface area contributed by atoms with E-state index in [1.165, 1.54) is 0 Å². The van der Waals surface area contributed by atoms with Gasteiger partial charge in [0.15, 0.2) is 6.61 Å². The summed E-state index contributed by atoms with van der Waals surface area (Å²) in [5.41, 5.74) is 0.741. The highest BCUT2D eigenvalue weighted by Gasteiger charge is 2.32. The second-order valence-corrected chi connectivity index (χ2v) is 8.55. The van der Waals surface area contributed by atoms with Crippen molar-refractivity contribution >= 4 is 11.7 Å². The molecule has 0 aliphatic carbocycles. The van der Waals surface area contributed by atoms with E-state index >= 15 is 0 Å². The number of nitrogens with one attached hydrogen (secondary N) is 1. The molecule has 0 radical (unpaired) electrons. The fraction of sp³-hybridized carbons (Fsp3) is 0.417. The molecule has 2 aliphatic heterocycles. The van der Waals surface area contributed by atoms with Crippen LogP contribution in [-0.2, 0) is 4.79 Å². The van der Waals surface area contributed by atoms with Gasteiger partial charge in [0.2, 0.25) is 5.82 Å². The average Bonchev–Trinajstić information content (AvgIpc) is 3.58. The van der Waals surface area contributed by atoms with Crippen molar-refractivity contribution in [1.29, 1.82) is 0 Å². The van der Waals surface area contributed by atoms with Crippen molar-refractivity contribution in [2.24, 2.45) is 5.92 Å². The number of piperazine rings is 1. The second-order valence-electron chi connectivity index (χ2n) is 8.55. The molecule has 2 aliphatic rings. The van der Waals surface area contributed by atoms with Crippen LogP contribution in [0.2, 0.25) is 0 Å². The average molecular weight is 465 g/mol. The van der Waals surface area contributed by atoms with E-state index in [1.807, 2.05) is 42.5 Å². The molecule has 34 heavy (non-hydrogen) atoms. The standard InChI is InChI=1S/C24H28N6O4/c31-15-17-8-10-29(14-17)21-7-6-18(12-26-21)23-27-24(34-28-23)20-13-25-9-11-30(20)22(32)16-33-19-4-2-1-3-5-19/h1-7,12,17,20,25,31H,8-11,13-16H2. The van der Waals surface area contributed by atoms with E-state index in [2.05, 4.69) is 25.3 Å². The maximum absolute atomic E-state index is 12.9. The topological polar surface area (TPSA) is 117 Å². The molecular weight excluding hydrogens is 436 g/mol. The van der Waals surface area contributed by atoms with Gasteiger partial charge < -0.3 is 29.5 Å². The highest BCUT2D eigenvalue weighted by Crippen LogP contribution is 2.26. The van der Waals surface area contributed by atoms with Gasteiger partial charge in [0.25, 0.3) is 11.8 Å². The van der Waals surface area contributed by atoms with Crippen LogP contribution in [0.4, 0.5) is 5.82 Å². The third kappa shape index (κ3) is 4.87. The minimum atomic E-state index is -0.367. The Morgan fingerprint density at radius 1 is 1.21 bits per heavy atom. The molecule has 178 valence electrons. The van der Waals surface area contributed by atoms with Crippen molar-refractivity contribution in [2.45, 2.75) is 12.5 Å². The molecule has 10 heteroatoms. The zero-order valence-corrected chi connectivity index (χ0v) is 18.8. The van der Waals surface area contributed by atoms with Crippen LogP contribution in [0.15, 0.2) is 53.2 Å². The molecule has 2 atom stereocenters. The number of anilines is 1. The van der Waals surface area contributed by atoms with Gasteiger partial charge in [-0.3, -0.25) is 4.79 Å². The predicted molar refractivity (Wildman–Crippen MR) is 124 cm³/mol. The van der Waals surface area contributed by atoms with Crippen LogP contribution in [0, 0.1) is 5.92 Å².